The van der Waals surface area contributed by atoms with Crippen LogP contribution in [0.5, 0.6) is 0 Å². The summed E-state index contributed by atoms with van der Waals surface area (Å²) in [6.07, 6.45) is 5.31. The highest BCUT2D eigenvalue weighted by atomic mass is 16.2. The van der Waals surface area contributed by atoms with E-state index in [4.69, 9.17) is 0 Å². The van der Waals surface area contributed by atoms with Crippen molar-refractivity contribution >= 4 is 11.8 Å². The van der Waals surface area contributed by atoms with Gasteiger partial charge in [0.2, 0.25) is 11.8 Å². The molecule has 5 heteroatoms. The van der Waals surface area contributed by atoms with Crippen molar-refractivity contribution in [2.75, 3.05) is 19.6 Å². The molecule has 1 fully saturated rings. The van der Waals surface area contributed by atoms with Crippen molar-refractivity contribution in [2.24, 2.45) is 11.8 Å². The first-order chi connectivity index (χ1) is 14.0. The zero-order valence-corrected chi connectivity index (χ0v) is 18.6. The molecule has 0 bridgehead atoms. The standard InChI is InChI=1S/C24H39N3O2/c1-5-27(6-2)21(19-13-9-7-10-14-19)17-25-24(29)22(18(3)4)26-23(28)20-15-11-8-12-16-20/h7,9-10,13-14,18,20-22H,5-6,8,11-12,15-17H2,1-4H3,(H,25,29)(H,26,28). The van der Waals surface area contributed by atoms with Crippen molar-refractivity contribution in [1.29, 1.82) is 0 Å². The lowest BCUT2D eigenvalue weighted by Crippen LogP contribution is -2.52. The fourth-order valence-corrected chi connectivity index (χ4v) is 4.28. The largest absolute Gasteiger partial charge is 0.352 e. The van der Waals surface area contributed by atoms with E-state index in [9.17, 15) is 9.59 Å². The lowest BCUT2D eigenvalue weighted by atomic mass is 9.88. The molecule has 29 heavy (non-hydrogen) atoms. The molecule has 0 spiro atoms. The van der Waals surface area contributed by atoms with Crippen LogP contribution in [0, 0.1) is 11.8 Å². The first kappa shape index (κ1) is 23.4. The Hall–Kier alpha value is -1.88. The fourth-order valence-electron chi connectivity index (χ4n) is 4.28. The van der Waals surface area contributed by atoms with Gasteiger partial charge in [-0.3, -0.25) is 14.5 Å². The molecular formula is C24H39N3O2. The molecule has 1 aromatic carbocycles. The summed E-state index contributed by atoms with van der Waals surface area (Å²) in [5.41, 5.74) is 1.20. The molecule has 2 atom stereocenters. The Morgan fingerprint density at radius 3 is 2.21 bits per heavy atom. The predicted molar refractivity (Wildman–Crippen MR) is 118 cm³/mol. The third kappa shape index (κ3) is 6.84. The molecule has 2 amide bonds. The number of carbonyl (C=O) groups is 2. The maximum atomic E-state index is 13.0. The van der Waals surface area contributed by atoms with Gasteiger partial charge in [-0.05, 0) is 37.4 Å². The lowest BCUT2D eigenvalue weighted by molar-refractivity contribution is -0.132. The number of benzene rings is 1. The van der Waals surface area contributed by atoms with Crippen LogP contribution in [0.25, 0.3) is 0 Å². The molecule has 2 unspecified atom stereocenters. The molecular weight excluding hydrogens is 362 g/mol. The van der Waals surface area contributed by atoms with Gasteiger partial charge < -0.3 is 10.6 Å². The number of nitrogens with zero attached hydrogens (tertiary/aromatic N) is 1. The highest BCUT2D eigenvalue weighted by Crippen LogP contribution is 2.24. The van der Waals surface area contributed by atoms with Gasteiger partial charge in [0.1, 0.15) is 6.04 Å². The highest BCUT2D eigenvalue weighted by Gasteiger charge is 2.29. The number of rotatable bonds is 10. The smallest absolute Gasteiger partial charge is 0.242 e. The fraction of sp³-hybridized carbons (Fsp3) is 0.667. The van der Waals surface area contributed by atoms with Crippen LogP contribution < -0.4 is 10.6 Å². The third-order valence-electron chi connectivity index (χ3n) is 6.13. The van der Waals surface area contributed by atoms with Crippen molar-refractivity contribution in [2.45, 2.75) is 71.9 Å². The maximum absolute atomic E-state index is 13.0. The summed E-state index contributed by atoms with van der Waals surface area (Å²) >= 11 is 0. The number of carbonyl (C=O) groups excluding carboxylic acids is 2. The van der Waals surface area contributed by atoms with E-state index >= 15 is 0 Å². The molecule has 0 aromatic heterocycles. The highest BCUT2D eigenvalue weighted by molar-refractivity contribution is 5.88. The van der Waals surface area contributed by atoms with E-state index < -0.39 is 6.04 Å². The summed E-state index contributed by atoms with van der Waals surface area (Å²) in [5.74, 6) is 0.0656. The predicted octanol–water partition coefficient (Wildman–Crippen LogP) is 3.91. The van der Waals surface area contributed by atoms with Crippen LogP contribution >= 0.6 is 0 Å². The normalized spacial score (nSPS) is 17.2. The van der Waals surface area contributed by atoms with Crippen molar-refractivity contribution in [1.82, 2.24) is 15.5 Å². The van der Waals surface area contributed by atoms with Gasteiger partial charge in [-0.1, -0.05) is 77.3 Å². The van der Waals surface area contributed by atoms with E-state index in [0.717, 1.165) is 38.8 Å². The van der Waals surface area contributed by atoms with Gasteiger partial charge in [-0.25, -0.2) is 0 Å². The van der Waals surface area contributed by atoms with E-state index in [1.807, 2.05) is 32.0 Å². The van der Waals surface area contributed by atoms with E-state index in [-0.39, 0.29) is 29.7 Å². The van der Waals surface area contributed by atoms with Crippen LogP contribution in [-0.2, 0) is 9.59 Å². The van der Waals surface area contributed by atoms with Crippen LogP contribution in [0.15, 0.2) is 30.3 Å². The molecule has 0 heterocycles. The Morgan fingerprint density at radius 1 is 1.03 bits per heavy atom. The zero-order chi connectivity index (χ0) is 21.2. The topological polar surface area (TPSA) is 61.4 Å². The molecule has 2 N–H and O–H groups in total. The minimum Gasteiger partial charge on any atom is -0.352 e. The second-order valence-electron chi connectivity index (χ2n) is 8.46. The first-order valence-corrected chi connectivity index (χ1v) is 11.3. The van der Waals surface area contributed by atoms with Crippen molar-refractivity contribution in [3.63, 3.8) is 0 Å². The number of amides is 2. The minimum atomic E-state index is -0.488. The van der Waals surface area contributed by atoms with E-state index in [0.29, 0.717) is 6.54 Å². The molecule has 162 valence electrons. The van der Waals surface area contributed by atoms with Crippen molar-refractivity contribution in [3.05, 3.63) is 35.9 Å². The summed E-state index contributed by atoms with van der Waals surface area (Å²) < 4.78 is 0. The molecule has 1 aromatic rings. The van der Waals surface area contributed by atoms with Crippen LogP contribution in [0.2, 0.25) is 0 Å². The van der Waals surface area contributed by atoms with E-state index in [1.165, 1.54) is 12.0 Å². The molecule has 0 saturated heterocycles. The van der Waals surface area contributed by atoms with Crippen molar-refractivity contribution < 1.29 is 9.59 Å². The SMILES string of the molecule is CCN(CC)C(CNC(=O)C(NC(=O)C1CCCCC1)C(C)C)c1ccccc1. The summed E-state index contributed by atoms with van der Waals surface area (Å²) in [4.78, 5) is 28.0. The van der Waals surface area contributed by atoms with Crippen LogP contribution in [0.3, 0.4) is 0 Å². The summed E-state index contributed by atoms with van der Waals surface area (Å²) in [5, 5.41) is 6.17. The number of likely N-dealkylation sites (N-methyl/N-ethyl adjacent to an activating group) is 1. The maximum Gasteiger partial charge on any atom is 0.242 e. The lowest BCUT2D eigenvalue weighted by Gasteiger charge is -2.31. The Bertz CT molecular complexity index is 622. The van der Waals surface area contributed by atoms with Gasteiger partial charge >= 0.3 is 0 Å². The van der Waals surface area contributed by atoms with Gasteiger partial charge in [-0.2, -0.15) is 0 Å². The number of hydrogen-bond donors (Lipinski definition) is 2. The molecule has 1 aliphatic rings. The van der Waals surface area contributed by atoms with Crippen LogP contribution in [-0.4, -0.2) is 42.4 Å². The average Bonchev–Trinajstić information content (AvgIpc) is 2.75. The van der Waals surface area contributed by atoms with Gasteiger partial charge in [-0.15, -0.1) is 0 Å². The Kier molecular flexibility index (Phi) is 9.65. The quantitative estimate of drug-likeness (QED) is 0.625. The van der Waals surface area contributed by atoms with Crippen LogP contribution in [0.4, 0.5) is 0 Å². The Labute approximate surface area is 176 Å². The second-order valence-corrected chi connectivity index (χ2v) is 8.46. The summed E-state index contributed by atoms with van der Waals surface area (Å²) in [6, 6.07) is 9.94. The molecule has 0 radical (unpaired) electrons. The van der Waals surface area contributed by atoms with Gasteiger partial charge in [0.05, 0.1) is 6.04 Å². The average molecular weight is 402 g/mol. The summed E-state index contributed by atoms with van der Waals surface area (Å²) in [6.45, 7) is 10.6. The zero-order valence-electron chi connectivity index (χ0n) is 18.6. The molecule has 1 aliphatic carbocycles. The van der Waals surface area contributed by atoms with Gasteiger partial charge in [0.25, 0.3) is 0 Å². The summed E-state index contributed by atoms with van der Waals surface area (Å²) in [7, 11) is 0. The number of nitrogens with one attached hydrogen (secondary N) is 2. The second kappa shape index (κ2) is 12.0. The monoisotopic (exact) mass is 401 g/mol. The molecule has 5 nitrogen and oxygen atoms in total. The Morgan fingerprint density at radius 2 is 1.66 bits per heavy atom. The minimum absolute atomic E-state index is 0.0434. The van der Waals surface area contributed by atoms with E-state index in [1.54, 1.807) is 0 Å². The molecule has 1 saturated carbocycles. The van der Waals surface area contributed by atoms with Crippen LogP contribution in [0.1, 0.15) is 71.4 Å². The van der Waals surface area contributed by atoms with Gasteiger partial charge in [0, 0.05) is 12.5 Å². The third-order valence-corrected chi connectivity index (χ3v) is 6.13. The van der Waals surface area contributed by atoms with Gasteiger partial charge in [0.15, 0.2) is 0 Å². The van der Waals surface area contributed by atoms with E-state index in [2.05, 4.69) is 41.5 Å². The van der Waals surface area contributed by atoms with Crippen molar-refractivity contribution in [3.8, 4) is 0 Å². The Balaban J connectivity index is 2.02. The first-order valence-electron chi connectivity index (χ1n) is 11.3. The number of hydrogen-bond acceptors (Lipinski definition) is 3. The molecule has 0 aliphatic heterocycles. The molecule has 2 rings (SSSR count).